The molecule has 0 aliphatic carbocycles. The van der Waals surface area contributed by atoms with Gasteiger partial charge < -0.3 is 9.47 Å². The van der Waals surface area contributed by atoms with Crippen molar-refractivity contribution >= 4 is 8.07 Å². The van der Waals surface area contributed by atoms with Crippen LogP contribution in [0.4, 0.5) is 57.1 Å². The summed E-state index contributed by atoms with van der Waals surface area (Å²) in [6, 6.07) is 5.94. The van der Waals surface area contributed by atoms with E-state index in [0.29, 0.717) is 29.5 Å². The van der Waals surface area contributed by atoms with Gasteiger partial charge in [0, 0.05) is 5.56 Å². The van der Waals surface area contributed by atoms with Crippen molar-refractivity contribution in [2.45, 2.75) is 139 Å². The number of rotatable bonds is 25. The Morgan fingerprint density at radius 3 is 1.60 bits per heavy atom. The molecule has 2 aromatic rings. The Hall–Kier alpha value is -2.79. The van der Waals surface area contributed by atoms with E-state index in [1.807, 2.05) is 0 Å². The van der Waals surface area contributed by atoms with Gasteiger partial charge in [-0.25, -0.2) is 31.9 Å². The number of halogens is 13. The van der Waals surface area contributed by atoms with Gasteiger partial charge in [0.2, 0.25) is 6.17 Å². The number of ether oxygens (including phenoxy) is 2. The number of nitrogens with zero attached hydrogens (tertiary/aromatic N) is 2. The van der Waals surface area contributed by atoms with Crippen LogP contribution in [-0.2, 0) is 0 Å². The van der Waals surface area contributed by atoms with Crippen molar-refractivity contribution in [1.82, 2.24) is 9.97 Å². The molecule has 0 N–H and O–H groups in total. The molecule has 0 radical (unpaired) electrons. The van der Waals surface area contributed by atoms with Crippen LogP contribution >= 0.6 is 0 Å². The zero-order chi connectivity index (χ0) is 39.4. The fourth-order valence-electron chi connectivity index (χ4n) is 5.23. The minimum absolute atomic E-state index is 0.0552. The maximum atomic E-state index is 14.9. The van der Waals surface area contributed by atoms with Gasteiger partial charge in [-0.2, -0.15) is 35.1 Å². The van der Waals surface area contributed by atoms with Gasteiger partial charge >= 0.3 is 23.7 Å². The molecule has 1 heterocycles. The van der Waals surface area contributed by atoms with E-state index in [0.717, 1.165) is 25.9 Å². The predicted molar refractivity (Wildman–Crippen MR) is 173 cm³/mol. The molecule has 0 saturated carbocycles. The first kappa shape index (κ1) is 45.4. The molecule has 1 aromatic heterocycles. The number of unbranched alkanes of at least 4 members (excludes halogenated alkanes) is 8. The number of hydrogen-bond donors (Lipinski definition) is 0. The van der Waals surface area contributed by atoms with E-state index in [1.54, 1.807) is 36.7 Å². The Morgan fingerprint density at radius 1 is 0.615 bits per heavy atom. The van der Waals surface area contributed by atoms with Gasteiger partial charge in [-0.05, 0) is 37.1 Å². The van der Waals surface area contributed by atoms with Crippen LogP contribution in [-0.4, -0.2) is 79.5 Å². The van der Waals surface area contributed by atoms with Crippen LogP contribution < -0.4 is 9.47 Å². The molecule has 0 amide bonds. The highest BCUT2D eigenvalue weighted by Gasteiger charge is 2.85. The van der Waals surface area contributed by atoms with Crippen molar-refractivity contribution in [1.29, 1.82) is 0 Å². The lowest BCUT2D eigenvalue weighted by molar-refractivity contribution is -0.383. The van der Waals surface area contributed by atoms with Crippen molar-refractivity contribution in [3.05, 3.63) is 36.7 Å². The molecule has 0 bridgehead atoms. The molecule has 0 fully saturated rings. The maximum absolute atomic E-state index is 14.9. The molecule has 298 valence electrons. The zero-order valence-corrected chi connectivity index (χ0v) is 30.1. The van der Waals surface area contributed by atoms with Crippen LogP contribution in [0, 0.1) is 0 Å². The number of benzene rings is 1. The highest BCUT2D eigenvalue weighted by atomic mass is 28.3. The average molecular weight is 789 g/mol. The van der Waals surface area contributed by atoms with Gasteiger partial charge in [0.25, 0.3) is 6.43 Å². The summed E-state index contributed by atoms with van der Waals surface area (Å²) in [5.74, 6) is -31.1. The lowest BCUT2D eigenvalue weighted by Gasteiger charge is -2.41. The van der Waals surface area contributed by atoms with Crippen molar-refractivity contribution in [2.75, 3.05) is 13.2 Å². The van der Waals surface area contributed by atoms with E-state index in [-0.39, 0.29) is 19.4 Å². The number of aromatic nitrogens is 2. The largest absolute Gasteiger partial charge is 0.494 e. The lowest BCUT2D eigenvalue weighted by atomic mass is 9.94. The second-order valence-electron chi connectivity index (χ2n) is 13.3. The van der Waals surface area contributed by atoms with Crippen LogP contribution in [0.1, 0.15) is 71.1 Å². The second-order valence-corrected chi connectivity index (χ2v) is 18.3. The average Bonchev–Trinajstić information content (AvgIpc) is 3.09. The van der Waals surface area contributed by atoms with Crippen molar-refractivity contribution in [3.63, 3.8) is 0 Å². The highest BCUT2D eigenvalue weighted by Crippen LogP contribution is 2.57. The minimum atomic E-state index is -7.45. The quantitative estimate of drug-likeness (QED) is 0.0571. The third-order valence-corrected chi connectivity index (χ3v) is 12.0. The van der Waals surface area contributed by atoms with Crippen molar-refractivity contribution < 1.29 is 66.5 Å². The van der Waals surface area contributed by atoms with Gasteiger partial charge in [-0.15, -0.1) is 0 Å². The van der Waals surface area contributed by atoms with Crippen LogP contribution in [0.3, 0.4) is 0 Å². The highest BCUT2D eigenvalue weighted by molar-refractivity contribution is 6.78. The van der Waals surface area contributed by atoms with Gasteiger partial charge in [0.05, 0.1) is 33.7 Å². The Labute approximate surface area is 295 Å². The summed E-state index contributed by atoms with van der Waals surface area (Å²) in [7, 11) is -4.30. The van der Waals surface area contributed by atoms with E-state index >= 15 is 0 Å². The molecule has 52 heavy (non-hydrogen) atoms. The van der Waals surface area contributed by atoms with E-state index in [4.69, 9.17) is 9.47 Å². The van der Waals surface area contributed by atoms with E-state index in [2.05, 4.69) is 16.9 Å². The summed E-state index contributed by atoms with van der Waals surface area (Å²) >= 11 is 0. The van der Waals surface area contributed by atoms with Gasteiger partial charge in [-0.1, -0.05) is 77.4 Å². The monoisotopic (exact) mass is 788 g/mol. The normalized spacial score (nSPS) is 15.1. The first-order valence-electron chi connectivity index (χ1n) is 17.0. The molecule has 2 rings (SSSR count). The fraction of sp³-hybridized carbons (Fsp3) is 0.706. The first-order valence-corrected chi connectivity index (χ1v) is 20.3. The van der Waals surface area contributed by atoms with E-state index in [9.17, 15) is 57.1 Å². The summed E-state index contributed by atoms with van der Waals surface area (Å²) in [6.45, 7) is 4.23. The molecule has 18 heteroatoms. The molecule has 4 nitrogen and oxygen atoms in total. The zero-order valence-electron chi connectivity index (χ0n) is 29.1. The standard InChI is InChI=1S/C34H45F13N2O2Si/c1-4-5-6-7-8-9-10-11-18-51-25-21-48-29(49-22-25)23-14-16-24(17-15-23)50-19-12-13-20-52(2,3)30(39)32(42,43)34(46,47)33(44,45)31(40,41)27(36)26(35)28(37)38/h14-17,21-22,26-28,30H,4-13,18-20H2,1-3H3. The first-order chi connectivity index (χ1) is 24.1. The van der Waals surface area contributed by atoms with Crippen LogP contribution in [0.15, 0.2) is 36.7 Å². The lowest BCUT2D eigenvalue weighted by Crippen LogP contribution is -2.70. The van der Waals surface area contributed by atoms with Gasteiger partial charge in [0.1, 0.15) is 5.75 Å². The maximum Gasteiger partial charge on any atom is 0.381 e. The predicted octanol–water partition coefficient (Wildman–Crippen LogP) is 11.9. The summed E-state index contributed by atoms with van der Waals surface area (Å²) in [6.07, 6.45) is -2.23. The smallest absolute Gasteiger partial charge is 0.381 e. The molecule has 0 spiro atoms. The van der Waals surface area contributed by atoms with E-state index < -0.39 is 62.4 Å². The molecule has 3 unspecified atom stereocenters. The summed E-state index contributed by atoms with van der Waals surface area (Å²) in [4.78, 5) is 8.59. The topological polar surface area (TPSA) is 44.2 Å². The molecule has 0 saturated heterocycles. The third-order valence-electron chi connectivity index (χ3n) is 8.59. The molecular weight excluding hydrogens is 743 g/mol. The molecular formula is C34H45F13N2O2Si. The Morgan fingerprint density at radius 2 is 1.08 bits per heavy atom. The second kappa shape index (κ2) is 19.5. The Kier molecular flexibility index (Phi) is 17.0. The Balaban J connectivity index is 1.85. The van der Waals surface area contributed by atoms with Crippen molar-refractivity contribution in [3.8, 4) is 22.9 Å². The summed E-state index contributed by atoms with van der Waals surface area (Å²) < 4.78 is 190. The number of alkyl halides is 13. The van der Waals surface area contributed by atoms with Crippen LogP contribution in [0.2, 0.25) is 19.1 Å². The number of hydrogen-bond acceptors (Lipinski definition) is 4. The van der Waals surface area contributed by atoms with Crippen LogP contribution in [0.5, 0.6) is 11.5 Å². The minimum Gasteiger partial charge on any atom is -0.494 e. The van der Waals surface area contributed by atoms with Crippen LogP contribution in [0.25, 0.3) is 11.4 Å². The van der Waals surface area contributed by atoms with Gasteiger partial charge in [-0.3, -0.25) is 0 Å². The molecule has 3 atom stereocenters. The Bertz CT molecular complexity index is 1320. The SMILES string of the molecule is CCCCCCCCCCOc1cnc(-c2ccc(OCCCC[Si](C)(C)C(F)C(F)(F)C(F)(F)C(F)(F)C(F)(F)C(F)C(F)C(F)F)cc2)nc1. The summed E-state index contributed by atoms with van der Waals surface area (Å²) in [5, 5.41) is 0. The van der Waals surface area contributed by atoms with Crippen molar-refractivity contribution in [2.24, 2.45) is 0 Å². The van der Waals surface area contributed by atoms with Gasteiger partial charge in [0.15, 0.2) is 23.5 Å². The molecule has 0 aliphatic rings. The van der Waals surface area contributed by atoms with E-state index in [1.165, 1.54) is 38.5 Å². The summed E-state index contributed by atoms with van der Waals surface area (Å²) in [5.41, 5.74) is 0.644. The molecule has 0 aliphatic heterocycles. The fourth-order valence-corrected chi connectivity index (χ4v) is 7.81. The third kappa shape index (κ3) is 11.4. The molecule has 1 aromatic carbocycles.